The van der Waals surface area contributed by atoms with Gasteiger partial charge in [-0.1, -0.05) is 23.7 Å². The molecule has 0 atom stereocenters. The van der Waals surface area contributed by atoms with Crippen LogP contribution < -0.4 is 9.47 Å². The monoisotopic (exact) mass is 346 g/mol. The van der Waals surface area contributed by atoms with Gasteiger partial charge in [-0.3, -0.25) is 9.78 Å². The standard InChI is InChI=1S/C18H19ClN2O3/c1-23-16-4-2-3-5-17(16)24-15-6-8-21(9-7-15)18(22)13-10-14(19)12-20-11-13/h2-5,10-12,15H,6-9H2,1H3. The van der Waals surface area contributed by atoms with Gasteiger partial charge in [-0.25, -0.2) is 0 Å². The lowest BCUT2D eigenvalue weighted by atomic mass is 10.1. The number of pyridine rings is 1. The van der Waals surface area contributed by atoms with Crippen molar-refractivity contribution in [3.63, 3.8) is 0 Å². The molecule has 1 amide bonds. The second-order valence-corrected chi connectivity index (χ2v) is 6.09. The van der Waals surface area contributed by atoms with Crippen LogP contribution in [0.3, 0.4) is 0 Å². The van der Waals surface area contributed by atoms with Crippen molar-refractivity contribution in [3.8, 4) is 11.5 Å². The normalized spacial score (nSPS) is 15.2. The number of amides is 1. The molecule has 1 aromatic heterocycles. The van der Waals surface area contributed by atoms with E-state index in [4.69, 9.17) is 21.1 Å². The van der Waals surface area contributed by atoms with Crippen molar-refractivity contribution >= 4 is 17.5 Å². The van der Waals surface area contributed by atoms with Crippen LogP contribution in [0.2, 0.25) is 5.02 Å². The molecule has 0 unspecified atom stereocenters. The molecule has 1 aromatic carbocycles. The summed E-state index contributed by atoms with van der Waals surface area (Å²) >= 11 is 5.90. The lowest BCUT2D eigenvalue weighted by Crippen LogP contribution is -2.41. The van der Waals surface area contributed by atoms with Crippen LogP contribution in [0, 0.1) is 0 Å². The minimum atomic E-state index is -0.0410. The number of nitrogens with zero attached hydrogens (tertiary/aromatic N) is 2. The maximum Gasteiger partial charge on any atom is 0.255 e. The fraction of sp³-hybridized carbons (Fsp3) is 0.333. The number of carbonyl (C=O) groups is 1. The van der Waals surface area contributed by atoms with Crippen LogP contribution in [0.15, 0.2) is 42.7 Å². The number of para-hydroxylation sites is 2. The van der Waals surface area contributed by atoms with Crippen molar-refractivity contribution in [2.75, 3.05) is 20.2 Å². The van der Waals surface area contributed by atoms with E-state index in [-0.39, 0.29) is 12.0 Å². The first kappa shape index (κ1) is 16.6. The third-order valence-electron chi connectivity index (χ3n) is 4.04. The van der Waals surface area contributed by atoms with E-state index in [1.165, 1.54) is 6.20 Å². The topological polar surface area (TPSA) is 51.7 Å². The number of benzene rings is 1. The smallest absolute Gasteiger partial charge is 0.255 e. The van der Waals surface area contributed by atoms with Gasteiger partial charge in [0.1, 0.15) is 6.10 Å². The Morgan fingerprint density at radius 3 is 2.58 bits per heavy atom. The number of aromatic nitrogens is 1. The molecule has 0 spiro atoms. The van der Waals surface area contributed by atoms with Crippen molar-refractivity contribution in [2.24, 2.45) is 0 Å². The fourth-order valence-corrected chi connectivity index (χ4v) is 2.96. The van der Waals surface area contributed by atoms with Crippen LogP contribution in [0.4, 0.5) is 0 Å². The number of likely N-dealkylation sites (tertiary alicyclic amines) is 1. The Morgan fingerprint density at radius 1 is 1.21 bits per heavy atom. The summed E-state index contributed by atoms with van der Waals surface area (Å²) in [7, 11) is 1.63. The summed E-state index contributed by atoms with van der Waals surface area (Å²) in [5, 5.41) is 0.468. The highest BCUT2D eigenvalue weighted by molar-refractivity contribution is 6.30. The number of halogens is 1. The minimum Gasteiger partial charge on any atom is -0.493 e. The van der Waals surface area contributed by atoms with Crippen molar-refractivity contribution in [3.05, 3.63) is 53.3 Å². The molecule has 24 heavy (non-hydrogen) atoms. The summed E-state index contributed by atoms with van der Waals surface area (Å²) in [6, 6.07) is 9.25. The molecule has 126 valence electrons. The van der Waals surface area contributed by atoms with Crippen molar-refractivity contribution in [2.45, 2.75) is 18.9 Å². The number of methoxy groups -OCH3 is 1. The molecule has 0 radical (unpaired) electrons. The summed E-state index contributed by atoms with van der Waals surface area (Å²) in [4.78, 5) is 18.3. The maximum absolute atomic E-state index is 12.5. The Morgan fingerprint density at radius 2 is 1.92 bits per heavy atom. The van der Waals surface area contributed by atoms with Gasteiger partial charge in [-0.05, 0) is 18.2 Å². The SMILES string of the molecule is COc1ccccc1OC1CCN(C(=O)c2cncc(Cl)c2)CC1. The van der Waals surface area contributed by atoms with Crippen LogP contribution >= 0.6 is 11.6 Å². The molecule has 0 saturated carbocycles. The predicted molar refractivity (Wildman–Crippen MR) is 91.8 cm³/mol. The molecule has 1 aliphatic heterocycles. The number of hydrogen-bond acceptors (Lipinski definition) is 4. The van der Waals surface area contributed by atoms with E-state index in [9.17, 15) is 4.79 Å². The lowest BCUT2D eigenvalue weighted by Gasteiger charge is -2.32. The van der Waals surface area contributed by atoms with E-state index in [1.54, 1.807) is 19.4 Å². The molecule has 1 aliphatic rings. The summed E-state index contributed by atoms with van der Waals surface area (Å²) in [6.45, 7) is 1.29. The zero-order valence-corrected chi connectivity index (χ0v) is 14.2. The molecule has 0 N–H and O–H groups in total. The Hall–Kier alpha value is -2.27. The van der Waals surface area contributed by atoms with E-state index >= 15 is 0 Å². The highest BCUT2D eigenvalue weighted by atomic mass is 35.5. The first-order valence-corrected chi connectivity index (χ1v) is 8.24. The van der Waals surface area contributed by atoms with Crippen LogP contribution in [-0.4, -0.2) is 42.1 Å². The Kier molecular flexibility index (Phi) is 5.20. The molecule has 0 aliphatic carbocycles. The van der Waals surface area contributed by atoms with E-state index in [0.717, 1.165) is 24.3 Å². The maximum atomic E-state index is 12.5. The third kappa shape index (κ3) is 3.79. The lowest BCUT2D eigenvalue weighted by molar-refractivity contribution is 0.0590. The van der Waals surface area contributed by atoms with Crippen LogP contribution in [-0.2, 0) is 0 Å². The largest absolute Gasteiger partial charge is 0.493 e. The van der Waals surface area contributed by atoms with Gasteiger partial charge in [0.15, 0.2) is 11.5 Å². The zero-order chi connectivity index (χ0) is 16.9. The number of carbonyl (C=O) groups excluding carboxylic acids is 1. The van der Waals surface area contributed by atoms with Crippen molar-refractivity contribution in [1.29, 1.82) is 0 Å². The second-order valence-electron chi connectivity index (χ2n) is 5.65. The molecule has 0 bridgehead atoms. The van der Waals surface area contributed by atoms with Crippen molar-refractivity contribution in [1.82, 2.24) is 9.88 Å². The molecule has 3 rings (SSSR count). The van der Waals surface area contributed by atoms with Crippen LogP contribution in [0.25, 0.3) is 0 Å². The first-order valence-electron chi connectivity index (χ1n) is 7.87. The number of rotatable bonds is 4. The van der Waals surface area contributed by atoms with Gasteiger partial charge < -0.3 is 14.4 Å². The number of piperidine rings is 1. The Labute approximate surface area is 146 Å². The molecule has 1 saturated heterocycles. The summed E-state index contributed by atoms with van der Waals surface area (Å²) < 4.78 is 11.3. The molecular weight excluding hydrogens is 328 g/mol. The van der Waals surface area contributed by atoms with E-state index in [1.807, 2.05) is 29.2 Å². The van der Waals surface area contributed by atoms with Gasteiger partial charge in [0.2, 0.25) is 0 Å². The fourth-order valence-electron chi connectivity index (χ4n) is 2.78. The molecule has 6 heteroatoms. The third-order valence-corrected chi connectivity index (χ3v) is 4.25. The highest BCUT2D eigenvalue weighted by Crippen LogP contribution is 2.29. The molecular formula is C18H19ClN2O3. The van der Waals surface area contributed by atoms with Crippen LogP contribution in [0.1, 0.15) is 23.2 Å². The summed E-state index contributed by atoms with van der Waals surface area (Å²) in [6.07, 6.45) is 4.69. The van der Waals surface area contributed by atoms with Gasteiger partial charge in [0, 0.05) is 38.3 Å². The Bertz CT molecular complexity index is 715. The first-order chi connectivity index (χ1) is 11.7. The molecule has 2 heterocycles. The number of ether oxygens (including phenoxy) is 2. The van der Waals surface area contributed by atoms with Gasteiger partial charge in [-0.2, -0.15) is 0 Å². The van der Waals surface area contributed by atoms with Crippen LogP contribution in [0.5, 0.6) is 11.5 Å². The van der Waals surface area contributed by atoms with Gasteiger partial charge in [0.25, 0.3) is 5.91 Å². The number of hydrogen-bond donors (Lipinski definition) is 0. The van der Waals surface area contributed by atoms with Gasteiger partial charge in [0.05, 0.1) is 17.7 Å². The highest BCUT2D eigenvalue weighted by Gasteiger charge is 2.25. The predicted octanol–water partition coefficient (Wildman–Crippen LogP) is 3.43. The molecule has 1 fully saturated rings. The zero-order valence-electron chi connectivity index (χ0n) is 13.4. The van der Waals surface area contributed by atoms with E-state index in [2.05, 4.69) is 4.98 Å². The van der Waals surface area contributed by atoms with E-state index in [0.29, 0.717) is 23.7 Å². The Balaban J connectivity index is 1.58. The molecule has 5 nitrogen and oxygen atoms in total. The summed E-state index contributed by atoms with van der Waals surface area (Å²) in [5.41, 5.74) is 0.520. The molecule has 2 aromatic rings. The van der Waals surface area contributed by atoms with Crippen molar-refractivity contribution < 1.29 is 14.3 Å². The van der Waals surface area contributed by atoms with Gasteiger partial charge in [-0.15, -0.1) is 0 Å². The average Bonchev–Trinajstić information content (AvgIpc) is 2.62. The second kappa shape index (κ2) is 7.53. The summed E-state index contributed by atoms with van der Waals surface area (Å²) in [5.74, 6) is 1.42. The minimum absolute atomic E-state index is 0.0410. The van der Waals surface area contributed by atoms with E-state index < -0.39 is 0 Å². The van der Waals surface area contributed by atoms with Gasteiger partial charge >= 0.3 is 0 Å². The average molecular weight is 347 g/mol. The quantitative estimate of drug-likeness (QED) is 0.851.